The number of nitriles is 1. The van der Waals surface area contributed by atoms with Crippen molar-refractivity contribution in [2.45, 2.75) is 55.3 Å². The standard InChI is InChI=1S/C20H21N3O2S2/c1-18(11-21)10-20-17(25)22(3)19(2,26-27-20)16(24)23(20)15(18)14-8-7-12-5-4-6-13(12)9-14/h7-9,15H,4-6,10H2,1-3H3/t15-,18+,19?,20-/m0/s1. The molecule has 7 heteroatoms. The van der Waals surface area contributed by atoms with Gasteiger partial charge in [-0.15, -0.1) is 0 Å². The number of hydrogen-bond donors (Lipinski definition) is 0. The van der Waals surface area contributed by atoms with Gasteiger partial charge in [-0.05, 0) is 49.8 Å². The molecular formula is C20H21N3O2S2. The van der Waals surface area contributed by atoms with E-state index in [0.717, 1.165) is 24.8 Å². The summed E-state index contributed by atoms with van der Waals surface area (Å²) in [5.74, 6) is -0.115. The normalized spacial score (nSPS) is 39.6. The highest BCUT2D eigenvalue weighted by Crippen LogP contribution is 2.69. The molecule has 1 aromatic carbocycles. The van der Waals surface area contributed by atoms with E-state index >= 15 is 0 Å². The van der Waals surface area contributed by atoms with Crippen molar-refractivity contribution in [2.24, 2.45) is 5.41 Å². The SMILES string of the molecule is CN1C(=O)[C@@]23C[C@](C)(C#N)[C@H](c4ccc5c(c4)CCC5)N2C(=O)C1(C)SS3. The Balaban J connectivity index is 1.71. The minimum Gasteiger partial charge on any atom is -0.319 e. The molecule has 4 heterocycles. The molecule has 4 saturated heterocycles. The van der Waals surface area contributed by atoms with Crippen molar-refractivity contribution in [2.75, 3.05) is 7.05 Å². The lowest BCUT2D eigenvalue weighted by molar-refractivity contribution is -0.164. The summed E-state index contributed by atoms with van der Waals surface area (Å²) in [5.41, 5.74) is 2.87. The van der Waals surface area contributed by atoms with Crippen molar-refractivity contribution in [1.82, 2.24) is 9.80 Å². The fourth-order valence-electron chi connectivity index (χ4n) is 5.18. The maximum Gasteiger partial charge on any atom is 0.261 e. The van der Waals surface area contributed by atoms with E-state index in [9.17, 15) is 14.9 Å². The van der Waals surface area contributed by atoms with Gasteiger partial charge in [-0.3, -0.25) is 9.59 Å². The number of aryl methyl sites for hydroxylation is 2. The summed E-state index contributed by atoms with van der Waals surface area (Å²) in [5, 5.41) is 10.1. The largest absolute Gasteiger partial charge is 0.319 e. The molecule has 27 heavy (non-hydrogen) atoms. The highest BCUT2D eigenvalue weighted by molar-refractivity contribution is 8.78. The highest BCUT2D eigenvalue weighted by atomic mass is 33.1. The zero-order chi connectivity index (χ0) is 19.2. The van der Waals surface area contributed by atoms with Crippen molar-refractivity contribution in [3.8, 4) is 6.07 Å². The lowest BCUT2D eigenvalue weighted by atomic mass is 9.79. The van der Waals surface area contributed by atoms with Crippen LogP contribution in [0.3, 0.4) is 0 Å². The lowest BCUT2D eigenvalue weighted by Crippen LogP contribution is -2.73. The quantitative estimate of drug-likeness (QED) is 0.678. The Morgan fingerprint density at radius 1 is 1.15 bits per heavy atom. The summed E-state index contributed by atoms with van der Waals surface area (Å²) in [7, 11) is 4.63. The smallest absolute Gasteiger partial charge is 0.261 e. The molecule has 0 radical (unpaired) electrons. The van der Waals surface area contributed by atoms with Gasteiger partial charge >= 0.3 is 0 Å². The van der Waals surface area contributed by atoms with Crippen LogP contribution in [0.2, 0.25) is 0 Å². The molecule has 1 spiro atoms. The first kappa shape index (κ1) is 17.4. The summed E-state index contributed by atoms with van der Waals surface area (Å²) >= 11 is 0. The van der Waals surface area contributed by atoms with Gasteiger partial charge in [0.2, 0.25) is 0 Å². The molecule has 5 aliphatic rings. The third kappa shape index (κ3) is 1.93. The molecule has 4 atom stereocenters. The molecule has 0 N–H and O–H groups in total. The number of likely N-dealkylation sites (N-methyl/N-ethyl adjacent to an activating group) is 1. The van der Waals surface area contributed by atoms with Crippen molar-refractivity contribution in [3.63, 3.8) is 0 Å². The molecule has 4 aliphatic heterocycles. The van der Waals surface area contributed by atoms with Gasteiger partial charge in [0.25, 0.3) is 11.8 Å². The summed E-state index contributed by atoms with van der Waals surface area (Å²) < 4.78 is 0. The van der Waals surface area contributed by atoms with Gasteiger partial charge in [0, 0.05) is 13.5 Å². The summed E-state index contributed by atoms with van der Waals surface area (Å²) in [6.45, 7) is 3.72. The lowest BCUT2D eigenvalue weighted by Gasteiger charge is -2.57. The van der Waals surface area contributed by atoms with E-state index in [1.165, 1.54) is 32.7 Å². The second kappa shape index (κ2) is 5.24. The third-order valence-electron chi connectivity index (χ3n) is 6.79. The maximum absolute atomic E-state index is 13.6. The van der Waals surface area contributed by atoms with E-state index in [2.05, 4.69) is 24.3 Å². The Hall–Kier alpha value is -1.65. The molecular weight excluding hydrogens is 378 g/mol. The molecule has 5 nitrogen and oxygen atoms in total. The average molecular weight is 400 g/mol. The molecule has 1 unspecified atom stereocenters. The van der Waals surface area contributed by atoms with Gasteiger partial charge in [-0.1, -0.05) is 39.8 Å². The van der Waals surface area contributed by atoms with E-state index < -0.39 is 21.2 Å². The van der Waals surface area contributed by atoms with Crippen LogP contribution in [0.4, 0.5) is 0 Å². The molecule has 4 fully saturated rings. The molecule has 2 bridgehead atoms. The first-order valence-corrected chi connectivity index (χ1v) is 11.4. The van der Waals surface area contributed by atoms with Crippen LogP contribution in [0.25, 0.3) is 0 Å². The number of nitrogens with zero attached hydrogens (tertiary/aromatic N) is 3. The summed E-state index contributed by atoms with van der Waals surface area (Å²) in [6.07, 6.45) is 3.65. The minimum atomic E-state index is -0.984. The Morgan fingerprint density at radius 2 is 1.89 bits per heavy atom. The fourth-order valence-corrected chi connectivity index (χ4v) is 8.76. The predicted octanol–water partition coefficient (Wildman–Crippen LogP) is 3.26. The van der Waals surface area contributed by atoms with Crippen LogP contribution in [-0.4, -0.2) is 38.4 Å². The van der Waals surface area contributed by atoms with E-state index in [0.29, 0.717) is 6.42 Å². The zero-order valence-corrected chi connectivity index (χ0v) is 17.2. The number of rotatable bonds is 1. The van der Waals surface area contributed by atoms with Crippen LogP contribution >= 0.6 is 21.6 Å². The van der Waals surface area contributed by atoms with Crippen molar-refractivity contribution < 1.29 is 9.59 Å². The third-order valence-corrected chi connectivity index (χ3v) is 10.5. The van der Waals surface area contributed by atoms with Crippen molar-refractivity contribution in [3.05, 3.63) is 34.9 Å². The molecule has 2 amide bonds. The topological polar surface area (TPSA) is 64.4 Å². The highest BCUT2D eigenvalue weighted by Gasteiger charge is 2.74. The first-order valence-electron chi connectivity index (χ1n) is 9.29. The van der Waals surface area contributed by atoms with E-state index in [4.69, 9.17) is 0 Å². The second-order valence-corrected chi connectivity index (χ2v) is 11.3. The fraction of sp³-hybridized carbons (Fsp3) is 0.550. The first-order chi connectivity index (χ1) is 12.8. The maximum atomic E-state index is 13.6. The van der Waals surface area contributed by atoms with Gasteiger partial charge in [-0.25, -0.2) is 0 Å². The zero-order valence-electron chi connectivity index (χ0n) is 15.6. The van der Waals surface area contributed by atoms with Crippen molar-refractivity contribution in [1.29, 1.82) is 5.26 Å². The number of amides is 2. The summed E-state index contributed by atoms with van der Waals surface area (Å²) in [6, 6.07) is 8.45. The van der Waals surface area contributed by atoms with E-state index in [-0.39, 0.29) is 11.8 Å². The molecule has 1 aromatic rings. The number of carbonyl (C=O) groups excluding carboxylic acids is 2. The average Bonchev–Trinajstić information content (AvgIpc) is 3.23. The van der Waals surface area contributed by atoms with Crippen LogP contribution in [0.5, 0.6) is 0 Å². The van der Waals surface area contributed by atoms with Gasteiger partial charge < -0.3 is 9.80 Å². The van der Waals surface area contributed by atoms with E-state index in [1.807, 2.05) is 13.8 Å². The van der Waals surface area contributed by atoms with Crippen LogP contribution in [0.1, 0.15) is 49.4 Å². The van der Waals surface area contributed by atoms with Crippen LogP contribution in [0, 0.1) is 16.7 Å². The van der Waals surface area contributed by atoms with E-state index in [1.54, 1.807) is 16.8 Å². The van der Waals surface area contributed by atoms with Gasteiger partial charge in [-0.2, -0.15) is 5.26 Å². The Bertz CT molecular complexity index is 944. The van der Waals surface area contributed by atoms with Gasteiger partial charge in [0.05, 0.1) is 17.5 Å². The Kier molecular flexibility index (Phi) is 3.38. The minimum absolute atomic E-state index is 0.0570. The number of benzene rings is 1. The van der Waals surface area contributed by atoms with Gasteiger partial charge in [0.1, 0.15) is 0 Å². The predicted molar refractivity (Wildman–Crippen MR) is 105 cm³/mol. The molecule has 0 saturated carbocycles. The Morgan fingerprint density at radius 3 is 2.63 bits per heavy atom. The number of hydrogen-bond acceptors (Lipinski definition) is 5. The van der Waals surface area contributed by atoms with Crippen LogP contribution in [-0.2, 0) is 22.4 Å². The number of piperazine rings is 1. The molecule has 6 rings (SSSR count). The monoisotopic (exact) mass is 399 g/mol. The molecule has 140 valence electrons. The number of carbonyl (C=O) groups is 2. The van der Waals surface area contributed by atoms with Crippen LogP contribution < -0.4 is 0 Å². The van der Waals surface area contributed by atoms with Crippen LogP contribution in [0.15, 0.2) is 18.2 Å². The van der Waals surface area contributed by atoms with Crippen molar-refractivity contribution >= 4 is 33.4 Å². The second-order valence-electron chi connectivity index (χ2n) is 8.46. The van der Waals surface area contributed by atoms with Gasteiger partial charge in [0.15, 0.2) is 9.74 Å². The molecule has 0 aromatic heterocycles. The summed E-state index contributed by atoms with van der Waals surface area (Å²) in [4.78, 5) is 28.3. The Labute approximate surface area is 166 Å². The number of fused-ring (bicyclic) bond motifs is 3. The molecule has 1 aliphatic carbocycles.